The van der Waals surface area contributed by atoms with Gasteiger partial charge in [-0.1, -0.05) is 35.3 Å². The smallest absolute Gasteiger partial charge is 0.240 e. The number of aromatic nitrogens is 2. The van der Waals surface area contributed by atoms with Gasteiger partial charge in [-0.05, 0) is 66.5 Å². The Morgan fingerprint density at radius 3 is 2.21 bits per heavy atom. The maximum atomic E-state index is 12.7. The van der Waals surface area contributed by atoms with Crippen molar-refractivity contribution < 1.29 is 8.42 Å². The summed E-state index contributed by atoms with van der Waals surface area (Å²) in [5.41, 5.74) is 4.37. The first kappa shape index (κ1) is 22.3. The molecule has 0 bridgehead atoms. The van der Waals surface area contributed by atoms with Crippen molar-refractivity contribution in [2.75, 3.05) is 18.0 Å². The first-order valence-corrected chi connectivity index (χ1v) is 13.0. The van der Waals surface area contributed by atoms with E-state index in [-0.39, 0.29) is 10.9 Å². The second-order valence-corrected chi connectivity index (χ2v) is 10.8. The van der Waals surface area contributed by atoms with Crippen molar-refractivity contribution in [2.24, 2.45) is 0 Å². The number of piperidine rings is 1. The topological polar surface area (TPSA) is 75.2 Å². The third kappa shape index (κ3) is 4.77. The van der Waals surface area contributed by atoms with E-state index in [1.54, 1.807) is 18.5 Å². The van der Waals surface area contributed by atoms with Gasteiger partial charge in [-0.15, -0.1) is 0 Å². The highest BCUT2D eigenvalue weighted by Crippen LogP contribution is 2.36. The average Bonchev–Trinajstić information content (AvgIpc) is 3.25. The molecule has 1 fully saturated rings. The Morgan fingerprint density at radius 2 is 1.55 bits per heavy atom. The number of nitrogens with one attached hydrogen (secondary N) is 1. The minimum atomic E-state index is -3.58. The van der Waals surface area contributed by atoms with Crippen LogP contribution in [-0.4, -0.2) is 37.5 Å². The first-order chi connectivity index (χ1) is 15.9. The quantitative estimate of drug-likeness (QED) is 0.542. The standard InChI is InChI=1S/C24H22Cl2N4O2S/c25-18-3-1-16(2-4-18)17-13-22-23(14-17)27-15-28-24(22)30-11-9-20(10-12-30)29-33(31,32)21-7-5-19(26)6-8-21/h1-8,13,15,20,29H,9-12,14H2. The summed E-state index contributed by atoms with van der Waals surface area (Å²) >= 11 is 11.9. The van der Waals surface area contributed by atoms with Crippen LogP contribution < -0.4 is 9.62 Å². The second-order valence-electron chi connectivity index (χ2n) is 8.25. The lowest BCUT2D eigenvalue weighted by atomic mass is 10.1. The van der Waals surface area contributed by atoms with Gasteiger partial charge in [0.1, 0.15) is 12.1 Å². The number of anilines is 1. The maximum absolute atomic E-state index is 12.7. The molecule has 0 atom stereocenters. The molecule has 5 rings (SSSR count). The first-order valence-electron chi connectivity index (χ1n) is 10.7. The highest BCUT2D eigenvalue weighted by Gasteiger charge is 2.28. The molecule has 2 aliphatic rings. The molecule has 0 unspecified atom stereocenters. The molecule has 0 radical (unpaired) electrons. The van der Waals surface area contributed by atoms with E-state index in [1.165, 1.54) is 17.7 Å². The van der Waals surface area contributed by atoms with Crippen LogP contribution in [0.1, 0.15) is 29.7 Å². The van der Waals surface area contributed by atoms with Crippen LogP contribution in [0, 0.1) is 0 Å². The van der Waals surface area contributed by atoms with Gasteiger partial charge < -0.3 is 4.90 Å². The molecule has 1 aliphatic heterocycles. The molecular formula is C24H22Cl2N4O2S. The van der Waals surface area contributed by atoms with Crippen molar-refractivity contribution in [1.82, 2.24) is 14.7 Å². The molecular weight excluding hydrogens is 479 g/mol. The molecule has 1 N–H and O–H groups in total. The predicted molar refractivity (Wildman–Crippen MR) is 132 cm³/mol. The van der Waals surface area contributed by atoms with Gasteiger partial charge in [-0.3, -0.25) is 0 Å². The fraction of sp³-hybridized carbons (Fsp3) is 0.250. The van der Waals surface area contributed by atoms with E-state index >= 15 is 0 Å². The SMILES string of the molecule is O=S(=O)(NC1CCN(c2ncnc3c2C=C(c2ccc(Cl)cc2)C3)CC1)c1ccc(Cl)cc1. The molecule has 170 valence electrons. The molecule has 2 heterocycles. The summed E-state index contributed by atoms with van der Waals surface area (Å²) < 4.78 is 28.2. The zero-order chi connectivity index (χ0) is 23.0. The van der Waals surface area contributed by atoms with Crippen molar-refractivity contribution in [3.63, 3.8) is 0 Å². The van der Waals surface area contributed by atoms with Gasteiger partial charge in [0.25, 0.3) is 0 Å². The summed E-state index contributed by atoms with van der Waals surface area (Å²) in [4.78, 5) is 11.5. The van der Waals surface area contributed by atoms with Crippen LogP contribution in [0.25, 0.3) is 11.6 Å². The molecule has 3 aromatic rings. The van der Waals surface area contributed by atoms with Gasteiger partial charge in [0.2, 0.25) is 10.0 Å². The molecule has 33 heavy (non-hydrogen) atoms. The molecule has 9 heteroatoms. The zero-order valence-electron chi connectivity index (χ0n) is 17.7. The Balaban J connectivity index is 1.28. The highest BCUT2D eigenvalue weighted by atomic mass is 35.5. The molecule has 0 amide bonds. The van der Waals surface area contributed by atoms with E-state index in [2.05, 4.69) is 25.7 Å². The number of fused-ring (bicyclic) bond motifs is 1. The van der Waals surface area contributed by atoms with Crippen LogP contribution in [0.5, 0.6) is 0 Å². The summed E-state index contributed by atoms with van der Waals surface area (Å²) in [5.74, 6) is 0.906. The molecule has 0 spiro atoms. The van der Waals surface area contributed by atoms with Crippen LogP contribution in [0.15, 0.2) is 59.8 Å². The lowest BCUT2D eigenvalue weighted by Gasteiger charge is -2.33. The van der Waals surface area contributed by atoms with Crippen molar-refractivity contribution >= 4 is 50.7 Å². The number of hydrogen-bond acceptors (Lipinski definition) is 5. The fourth-order valence-electron chi connectivity index (χ4n) is 4.33. The normalized spacial score (nSPS) is 16.5. The molecule has 6 nitrogen and oxygen atoms in total. The Kier molecular flexibility index (Phi) is 6.14. The zero-order valence-corrected chi connectivity index (χ0v) is 20.0. The minimum absolute atomic E-state index is 0.128. The highest BCUT2D eigenvalue weighted by molar-refractivity contribution is 7.89. The number of halogens is 2. The lowest BCUT2D eigenvalue weighted by molar-refractivity contribution is 0.458. The lowest BCUT2D eigenvalue weighted by Crippen LogP contribution is -2.45. The number of benzene rings is 2. The Labute approximate surface area is 203 Å². The van der Waals surface area contributed by atoms with Crippen LogP contribution in [-0.2, 0) is 16.4 Å². The second kappa shape index (κ2) is 9.06. The van der Waals surface area contributed by atoms with Crippen molar-refractivity contribution in [2.45, 2.75) is 30.2 Å². The summed E-state index contributed by atoms with van der Waals surface area (Å²) in [6, 6.07) is 13.9. The molecule has 2 aromatic carbocycles. The van der Waals surface area contributed by atoms with Gasteiger partial charge in [0, 0.05) is 41.2 Å². The number of nitrogens with zero attached hydrogens (tertiary/aromatic N) is 3. The maximum Gasteiger partial charge on any atom is 0.240 e. The largest absolute Gasteiger partial charge is 0.356 e. The van der Waals surface area contributed by atoms with Gasteiger partial charge in [0.05, 0.1) is 10.6 Å². The van der Waals surface area contributed by atoms with E-state index in [0.29, 0.717) is 36.0 Å². The van der Waals surface area contributed by atoms with Crippen molar-refractivity contribution in [3.8, 4) is 0 Å². The summed E-state index contributed by atoms with van der Waals surface area (Å²) in [7, 11) is -3.58. The number of rotatable bonds is 5. The van der Waals surface area contributed by atoms with Gasteiger partial charge in [-0.2, -0.15) is 0 Å². The van der Waals surface area contributed by atoms with E-state index in [1.807, 2.05) is 24.3 Å². The van der Waals surface area contributed by atoms with E-state index in [4.69, 9.17) is 23.2 Å². The number of hydrogen-bond donors (Lipinski definition) is 1. The monoisotopic (exact) mass is 500 g/mol. The Bertz CT molecular complexity index is 1300. The fourth-order valence-corrected chi connectivity index (χ4v) is 5.88. The predicted octanol–water partition coefficient (Wildman–Crippen LogP) is 4.83. The van der Waals surface area contributed by atoms with Gasteiger partial charge >= 0.3 is 0 Å². The van der Waals surface area contributed by atoms with Crippen LogP contribution in [0.2, 0.25) is 10.0 Å². The summed E-state index contributed by atoms with van der Waals surface area (Å²) in [5, 5.41) is 1.22. The average molecular weight is 501 g/mol. The third-order valence-corrected chi connectivity index (χ3v) is 8.12. The summed E-state index contributed by atoms with van der Waals surface area (Å²) in [6.07, 6.45) is 5.91. The number of sulfonamides is 1. The van der Waals surface area contributed by atoms with Crippen LogP contribution in [0.4, 0.5) is 5.82 Å². The Hall–Kier alpha value is -2.45. The molecule has 1 aromatic heterocycles. The van der Waals surface area contributed by atoms with E-state index in [0.717, 1.165) is 29.1 Å². The van der Waals surface area contributed by atoms with Gasteiger partial charge in [-0.25, -0.2) is 23.1 Å². The van der Waals surface area contributed by atoms with Crippen LogP contribution in [0.3, 0.4) is 0 Å². The molecule has 0 saturated carbocycles. The molecule has 1 saturated heterocycles. The Morgan fingerprint density at radius 1 is 0.909 bits per heavy atom. The van der Waals surface area contributed by atoms with E-state index in [9.17, 15) is 8.42 Å². The third-order valence-electron chi connectivity index (χ3n) is 6.08. The van der Waals surface area contributed by atoms with Crippen molar-refractivity contribution in [1.29, 1.82) is 0 Å². The van der Waals surface area contributed by atoms with E-state index < -0.39 is 10.0 Å². The minimum Gasteiger partial charge on any atom is -0.356 e. The molecule has 1 aliphatic carbocycles. The van der Waals surface area contributed by atoms with Crippen molar-refractivity contribution in [3.05, 3.63) is 81.7 Å². The van der Waals surface area contributed by atoms with Crippen LogP contribution >= 0.6 is 23.2 Å². The van der Waals surface area contributed by atoms with Gasteiger partial charge in [0.15, 0.2) is 0 Å². The number of allylic oxidation sites excluding steroid dienone is 1. The summed E-state index contributed by atoms with van der Waals surface area (Å²) in [6.45, 7) is 1.42.